The van der Waals surface area contributed by atoms with E-state index in [-0.39, 0.29) is 28.9 Å². The lowest BCUT2D eigenvalue weighted by molar-refractivity contribution is -0.198. The molecule has 136 valence electrons. The van der Waals surface area contributed by atoms with E-state index in [0.717, 1.165) is 0 Å². The van der Waals surface area contributed by atoms with Gasteiger partial charge in [0.15, 0.2) is 6.61 Å². The van der Waals surface area contributed by atoms with Crippen LogP contribution >= 0.6 is 0 Å². The van der Waals surface area contributed by atoms with Crippen molar-refractivity contribution >= 4 is 38.7 Å². The molecular weight excluding hydrogens is 366 g/mol. The molecule has 3 rings (SSSR count). The molecular formula is C16H13NO8S. The average molecular weight is 379 g/mol. The van der Waals surface area contributed by atoms with E-state index in [0.29, 0.717) is 10.4 Å². The molecule has 26 heavy (non-hydrogen) atoms. The van der Waals surface area contributed by atoms with Crippen LogP contribution in [0.4, 0.5) is 0 Å². The van der Waals surface area contributed by atoms with Gasteiger partial charge in [-0.15, -0.1) is 5.06 Å². The zero-order valence-corrected chi connectivity index (χ0v) is 14.1. The molecule has 10 heteroatoms. The minimum absolute atomic E-state index is 0.0191. The van der Waals surface area contributed by atoms with Crippen LogP contribution < -0.4 is 4.74 Å². The van der Waals surface area contributed by atoms with Crippen molar-refractivity contribution in [1.29, 1.82) is 0 Å². The molecule has 1 N–H and O–H groups in total. The predicted molar refractivity (Wildman–Crippen MR) is 86.4 cm³/mol. The van der Waals surface area contributed by atoms with Gasteiger partial charge in [-0.25, -0.2) is 4.79 Å². The van der Waals surface area contributed by atoms with Crippen LogP contribution in [0, 0.1) is 0 Å². The second kappa shape index (κ2) is 6.73. The maximum absolute atomic E-state index is 11.8. The number of hydrogen-bond acceptors (Lipinski definition) is 7. The zero-order valence-electron chi connectivity index (χ0n) is 13.2. The van der Waals surface area contributed by atoms with Crippen LogP contribution in [0.2, 0.25) is 0 Å². The van der Waals surface area contributed by atoms with Crippen LogP contribution in [0.1, 0.15) is 12.8 Å². The van der Waals surface area contributed by atoms with E-state index in [2.05, 4.69) is 4.84 Å². The number of hydroxylamine groups is 2. The van der Waals surface area contributed by atoms with Gasteiger partial charge < -0.3 is 9.57 Å². The molecule has 2 amide bonds. The van der Waals surface area contributed by atoms with Gasteiger partial charge in [-0.05, 0) is 12.1 Å². The second-order valence-corrected chi connectivity index (χ2v) is 6.81. The third kappa shape index (κ3) is 3.51. The second-order valence-electron chi connectivity index (χ2n) is 5.42. The van der Waals surface area contributed by atoms with Crippen LogP contribution in [0.5, 0.6) is 5.75 Å². The molecule has 2 aromatic carbocycles. The molecule has 9 nitrogen and oxygen atoms in total. The van der Waals surface area contributed by atoms with E-state index in [1.165, 1.54) is 30.3 Å². The largest absolute Gasteiger partial charge is 0.481 e. The van der Waals surface area contributed by atoms with E-state index < -0.39 is 34.5 Å². The minimum Gasteiger partial charge on any atom is -0.481 e. The Hall–Kier alpha value is -2.98. The summed E-state index contributed by atoms with van der Waals surface area (Å²) in [5.41, 5.74) is 0. The van der Waals surface area contributed by atoms with Crippen LogP contribution in [0.25, 0.3) is 10.8 Å². The molecule has 0 bridgehead atoms. The summed E-state index contributed by atoms with van der Waals surface area (Å²) < 4.78 is 37.5. The Labute approximate surface area is 147 Å². The first-order valence-electron chi connectivity index (χ1n) is 7.46. The van der Waals surface area contributed by atoms with Crippen molar-refractivity contribution in [3.63, 3.8) is 0 Å². The number of carbonyl (C=O) groups is 3. The Balaban J connectivity index is 1.78. The smallest absolute Gasteiger partial charge is 0.370 e. The van der Waals surface area contributed by atoms with E-state index in [1.54, 1.807) is 6.07 Å². The van der Waals surface area contributed by atoms with Crippen molar-refractivity contribution in [3.8, 4) is 5.75 Å². The molecule has 0 aliphatic carbocycles. The highest BCUT2D eigenvalue weighted by molar-refractivity contribution is 7.86. The number of rotatable bonds is 5. The Morgan fingerprint density at radius 3 is 2.31 bits per heavy atom. The van der Waals surface area contributed by atoms with Gasteiger partial charge in [0.2, 0.25) is 0 Å². The molecule has 1 aliphatic heterocycles. The summed E-state index contributed by atoms with van der Waals surface area (Å²) in [6.07, 6.45) is -0.0383. The third-order valence-corrected chi connectivity index (χ3v) is 4.58. The highest BCUT2D eigenvalue weighted by Crippen LogP contribution is 2.30. The summed E-state index contributed by atoms with van der Waals surface area (Å²) in [6.45, 7) is -0.605. The van der Waals surface area contributed by atoms with Crippen LogP contribution in [0.3, 0.4) is 0 Å². The van der Waals surface area contributed by atoms with Gasteiger partial charge in [-0.3, -0.25) is 14.1 Å². The van der Waals surface area contributed by atoms with Crippen molar-refractivity contribution in [2.45, 2.75) is 17.7 Å². The van der Waals surface area contributed by atoms with Gasteiger partial charge in [0.1, 0.15) is 10.6 Å². The average Bonchev–Trinajstić information content (AvgIpc) is 2.90. The summed E-state index contributed by atoms with van der Waals surface area (Å²) in [6, 6.07) is 8.67. The SMILES string of the molecule is O=C(COc1cccc2c(S(=O)(=O)O)cccc12)ON1C(=O)CCC1=O. The summed E-state index contributed by atoms with van der Waals surface area (Å²) in [7, 11) is -4.43. The summed E-state index contributed by atoms with van der Waals surface area (Å²) in [5, 5.41) is 0.972. The lowest BCUT2D eigenvalue weighted by Gasteiger charge is -2.14. The predicted octanol–water partition coefficient (Wildman–Crippen LogP) is 1.07. The molecule has 1 saturated heterocycles. The number of nitrogens with zero attached hydrogens (tertiary/aromatic N) is 1. The van der Waals surface area contributed by atoms with E-state index in [4.69, 9.17) is 4.74 Å². The zero-order chi connectivity index (χ0) is 18.9. The highest BCUT2D eigenvalue weighted by Gasteiger charge is 2.32. The lowest BCUT2D eigenvalue weighted by atomic mass is 10.1. The molecule has 2 aromatic rings. The van der Waals surface area contributed by atoms with Crippen molar-refractivity contribution in [3.05, 3.63) is 36.4 Å². The monoisotopic (exact) mass is 379 g/mol. The number of amides is 2. The maximum atomic E-state index is 11.8. The Kier molecular flexibility index (Phi) is 4.62. The number of hydrogen-bond donors (Lipinski definition) is 1. The molecule has 0 aromatic heterocycles. The minimum atomic E-state index is -4.43. The van der Waals surface area contributed by atoms with Gasteiger partial charge in [-0.1, -0.05) is 24.3 Å². The van der Waals surface area contributed by atoms with Crippen LogP contribution in [-0.2, 0) is 29.3 Å². The highest BCUT2D eigenvalue weighted by atomic mass is 32.2. The third-order valence-electron chi connectivity index (χ3n) is 3.66. The van der Waals surface area contributed by atoms with Gasteiger partial charge >= 0.3 is 5.97 Å². The molecule has 1 aliphatic rings. The molecule has 1 heterocycles. The van der Waals surface area contributed by atoms with Gasteiger partial charge in [0, 0.05) is 23.6 Å². The van der Waals surface area contributed by atoms with Crippen molar-refractivity contribution < 1.29 is 36.9 Å². The van der Waals surface area contributed by atoms with Crippen LogP contribution in [-0.4, -0.2) is 42.4 Å². The van der Waals surface area contributed by atoms with Gasteiger partial charge in [0.05, 0.1) is 0 Å². The number of fused-ring (bicyclic) bond motifs is 1. The van der Waals surface area contributed by atoms with E-state index in [1.807, 2.05) is 0 Å². The number of benzene rings is 2. The lowest BCUT2D eigenvalue weighted by Crippen LogP contribution is -2.33. The number of ether oxygens (including phenoxy) is 1. The van der Waals surface area contributed by atoms with Gasteiger partial charge in [0.25, 0.3) is 21.9 Å². The summed E-state index contributed by atoms with van der Waals surface area (Å²) in [5.74, 6) is -2.00. The summed E-state index contributed by atoms with van der Waals surface area (Å²) in [4.78, 5) is 39.0. The van der Waals surface area contributed by atoms with Gasteiger partial charge in [-0.2, -0.15) is 8.42 Å². The topological polar surface area (TPSA) is 127 Å². The van der Waals surface area contributed by atoms with Crippen molar-refractivity contribution in [2.24, 2.45) is 0 Å². The first-order chi connectivity index (χ1) is 12.3. The first-order valence-corrected chi connectivity index (χ1v) is 8.90. The molecule has 0 atom stereocenters. The fourth-order valence-corrected chi connectivity index (χ4v) is 3.23. The Bertz CT molecular complexity index is 998. The summed E-state index contributed by atoms with van der Waals surface area (Å²) >= 11 is 0. The molecule has 0 spiro atoms. The fraction of sp³-hybridized carbons (Fsp3) is 0.188. The fourth-order valence-electron chi connectivity index (χ4n) is 2.53. The standard InChI is InChI=1S/C16H13NO8S/c18-14-7-8-15(19)17(14)25-16(20)9-24-12-5-1-4-11-10(12)3-2-6-13(11)26(21,22)23/h1-6H,7-9H2,(H,21,22,23). The first kappa shape index (κ1) is 17.8. The number of imide groups is 1. The molecule has 0 unspecified atom stereocenters. The van der Waals surface area contributed by atoms with E-state index >= 15 is 0 Å². The molecule has 1 fully saturated rings. The Morgan fingerprint density at radius 1 is 1.04 bits per heavy atom. The van der Waals surface area contributed by atoms with E-state index in [9.17, 15) is 27.4 Å². The maximum Gasteiger partial charge on any atom is 0.370 e. The quantitative estimate of drug-likeness (QED) is 0.604. The van der Waals surface area contributed by atoms with Crippen LogP contribution in [0.15, 0.2) is 41.3 Å². The van der Waals surface area contributed by atoms with Crippen molar-refractivity contribution in [2.75, 3.05) is 6.61 Å². The Morgan fingerprint density at radius 2 is 1.65 bits per heavy atom. The normalized spacial score (nSPS) is 14.7. The molecule has 0 radical (unpaired) electrons. The molecule has 0 saturated carbocycles. The number of carbonyl (C=O) groups excluding carboxylic acids is 3. The van der Waals surface area contributed by atoms with Crippen molar-refractivity contribution in [1.82, 2.24) is 5.06 Å².